The monoisotopic (exact) mass is 378 g/mol. The van der Waals surface area contributed by atoms with Crippen LogP contribution in [0.25, 0.3) is 0 Å². The van der Waals surface area contributed by atoms with Crippen LogP contribution >= 0.6 is 0 Å². The molecule has 1 aromatic carbocycles. The van der Waals surface area contributed by atoms with Gasteiger partial charge >= 0.3 is 0 Å². The van der Waals surface area contributed by atoms with Gasteiger partial charge in [-0.25, -0.2) is 8.42 Å². The Morgan fingerprint density at radius 1 is 1.31 bits per heavy atom. The van der Waals surface area contributed by atoms with Crippen LogP contribution in [0.3, 0.4) is 0 Å². The molecule has 0 aliphatic carbocycles. The van der Waals surface area contributed by atoms with Crippen molar-refractivity contribution in [1.82, 2.24) is 19.8 Å². The summed E-state index contributed by atoms with van der Waals surface area (Å²) in [5.41, 5.74) is 0.339. The van der Waals surface area contributed by atoms with Crippen LogP contribution in [0.15, 0.2) is 41.8 Å². The highest BCUT2D eigenvalue weighted by Gasteiger charge is 2.35. The van der Waals surface area contributed by atoms with E-state index in [0.29, 0.717) is 25.2 Å². The SMILES string of the molecule is C=CCNC(=O)c1cccc(S(=O)(=O)N2CCC(N3CCNCC3)C2)c1. The van der Waals surface area contributed by atoms with Gasteiger partial charge in [0.2, 0.25) is 10.0 Å². The highest BCUT2D eigenvalue weighted by Crippen LogP contribution is 2.24. The molecule has 1 atom stereocenters. The summed E-state index contributed by atoms with van der Waals surface area (Å²) in [5.74, 6) is -0.304. The number of sulfonamides is 1. The quantitative estimate of drug-likeness (QED) is 0.695. The number of rotatable bonds is 6. The molecule has 1 aromatic rings. The summed E-state index contributed by atoms with van der Waals surface area (Å²) in [5, 5.41) is 5.99. The molecule has 7 nitrogen and oxygen atoms in total. The summed E-state index contributed by atoms with van der Waals surface area (Å²) < 4.78 is 27.5. The second-order valence-corrected chi connectivity index (χ2v) is 8.56. The summed E-state index contributed by atoms with van der Waals surface area (Å²) >= 11 is 0. The first kappa shape index (κ1) is 19.0. The predicted octanol–water partition coefficient (Wildman–Crippen LogP) is 0.271. The molecule has 2 aliphatic rings. The standard InChI is InChI=1S/C18H26N4O3S/c1-2-7-20-18(23)15-4-3-5-17(13-15)26(24,25)22-10-6-16(14-22)21-11-8-19-9-12-21/h2-5,13,16,19H,1,6-12,14H2,(H,20,23). The lowest BCUT2D eigenvalue weighted by Gasteiger charge is -2.32. The fraction of sp³-hybridized carbons (Fsp3) is 0.500. The molecular formula is C18H26N4O3S. The van der Waals surface area contributed by atoms with E-state index in [2.05, 4.69) is 22.1 Å². The molecule has 2 saturated heterocycles. The molecule has 8 heteroatoms. The summed E-state index contributed by atoms with van der Waals surface area (Å²) in [4.78, 5) is 14.6. The Balaban J connectivity index is 1.72. The number of nitrogens with one attached hydrogen (secondary N) is 2. The number of hydrogen-bond donors (Lipinski definition) is 2. The van der Waals surface area contributed by atoms with Crippen molar-refractivity contribution in [2.75, 3.05) is 45.8 Å². The third kappa shape index (κ3) is 4.15. The smallest absolute Gasteiger partial charge is 0.251 e. The molecule has 2 aliphatic heterocycles. The Hall–Kier alpha value is -1.74. The average Bonchev–Trinajstić information content (AvgIpc) is 3.18. The van der Waals surface area contributed by atoms with Gasteiger partial charge in [0.25, 0.3) is 5.91 Å². The lowest BCUT2D eigenvalue weighted by molar-refractivity contribution is 0.0958. The number of carbonyl (C=O) groups is 1. The van der Waals surface area contributed by atoms with Crippen molar-refractivity contribution < 1.29 is 13.2 Å². The van der Waals surface area contributed by atoms with Crippen LogP contribution in [0, 0.1) is 0 Å². The van der Waals surface area contributed by atoms with E-state index in [1.54, 1.807) is 28.6 Å². The van der Waals surface area contributed by atoms with Gasteiger partial charge in [0, 0.05) is 57.4 Å². The molecular weight excluding hydrogens is 352 g/mol. The molecule has 2 fully saturated rings. The fourth-order valence-corrected chi connectivity index (χ4v) is 5.03. The van der Waals surface area contributed by atoms with E-state index in [9.17, 15) is 13.2 Å². The molecule has 0 bridgehead atoms. The molecule has 0 spiro atoms. The van der Waals surface area contributed by atoms with Crippen LogP contribution in [-0.2, 0) is 10.0 Å². The van der Waals surface area contributed by atoms with Crippen molar-refractivity contribution in [3.63, 3.8) is 0 Å². The van der Waals surface area contributed by atoms with Gasteiger partial charge in [0.15, 0.2) is 0 Å². The first-order valence-electron chi connectivity index (χ1n) is 8.96. The molecule has 142 valence electrons. The van der Waals surface area contributed by atoms with Gasteiger partial charge in [0.1, 0.15) is 0 Å². The first-order valence-corrected chi connectivity index (χ1v) is 10.4. The van der Waals surface area contributed by atoms with Gasteiger partial charge in [-0.2, -0.15) is 4.31 Å². The largest absolute Gasteiger partial charge is 0.349 e. The van der Waals surface area contributed by atoms with Gasteiger partial charge in [-0.3, -0.25) is 9.69 Å². The molecule has 0 radical (unpaired) electrons. The van der Waals surface area contributed by atoms with Crippen LogP contribution in [-0.4, -0.2) is 75.4 Å². The number of hydrogen-bond acceptors (Lipinski definition) is 5. The summed E-state index contributed by atoms with van der Waals surface area (Å²) in [6.45, 7) is 8.73. The van der Waals surface area contributed by atoms with E-state index in [1.807, 2.05) is 0 Å². The Kier molecular flexibility index (Phi) is 6.08. The zero-order valence-electron chi connectivity index (χ0n) is 14.9. The molecule has 0 saturated carbocycles. The number of benzene rings is 1. The lowest BCUT2D eigenvalue weighted by atomic mass is 10.2. The first-order chi connectivity index (χ1) is 12.5. The minimum absolute atomic E-state index is 0.171. The Labute approximate surface area is 155 Å². The third-order valence-corrected chi connectivity index (χ3v) is 6.80. The molecule has 2 N–H and O–H groups in total. The van der Waals surface area contributed by atoms with Crippen LogP contribution in [0.4, 0.5) is 0 Å². The molecule has 2 heterocycles. The second kappa shape index (κ2) is 8.30. The van der Waals surface area contributed by atoms with Crippen LogP contribution < -0.4 is 10.6 Å². The Morgan fingerprint density at radius 2 is 2.08 bits per heavy atom. The van der Waals surface area contributed by atoms with Gasteiger partial charge in [-0.15, -0.1) is 6.58 Å². The van der Waals surface area contributed by atoms with Gasteiger partial charge in [0.05, 0.1) is 4.90 Å². The van der Waals surface area contributed by atoms with Crippen molar-refractivity contribution >= 4 is 15.9 Å². The summed E-state index contributed by atoms with van der Waals surface area (Å²) in [6, 6.07) is 6.50. The molecule has 3 rings (SSSR count). The van der Waals surface area contributed by atoms with Crippen molar-refractivity contribution in [2.45, 2.75) is 17.4 Å². The van der Waals surface area contributed by atoms with E-state index in [-0.39, 0.29) is 16.8 Å². The van der Waals surface area contributed by atoms with E-state index in [1.165, 1.54) is 6.07 Å². The number of nitrogens with zero attached hydrogens (tertiary/aromatic N) is 2. The topological polar surface area (TPSA) is 81.8 Å². The molecule has 26 heavy (non-hydrogen) atoms. The Morgan fingerprint density at radius 3 is 2.81 bits per heavy atom. The molecule has 0 aromatic heterocycles. The maximum atomic E-state index is 13.0. The van der Waals surface area contributed by atoms with Gasteiger partial charge in [-0.05, 0) is 24.6 Å². The molecule has 1 amide bonds. The maximum Gasteiger partial charge on any atom is 0.251 e. The zero-order valence-corrected chi connectivity index (χ0v) is 15.7. The normalized spacial score (nSPS) is 22.2. The minimum Gasteiger partial charge on any atom is -0.349 e. The van der Waals surface area contributed by atoms with Crippen LogP contribution in [0.1, 0.15) is 16.8 Å². The zero-order chi connectivity index (χ0) is 18.6. The average molecular weight is 378 g/mol. The van der Waals surface area contributed by atoms with E-state index < -0.39 is 10.0 Å². The van der Waals surface area contributed by atoms with Crippen molar-refractivity contribution in [3.05, 3.63) is 42.5 Å². The van der Waals surface area contributed by atoms with Crippen LogP contribution in [0.5, 0.6) is 0 Å². The fourth-order valence-electron chi connectivity index (χ4n) is 3.49. The maximum absolute atomic E-state index is 13.0. The summed E-state index contributed by atoms with van der Waals surface area (Å²) in [6.07, 6.45) is 2.43. The second-order valence-electron chi connectivity index (χ2n) is 6.62. The van der Waals surface area contributed by atoms with E-state index in [0.717, 1.165) is 32.6 Å². The third-order valence-electron chi connectivity index (χ3n) is 4.94. The van der Waals surface area contributed by atoms with Gasteiger partial charge < -0.3 is 10.6 Å². The Bertz CT molecular complexity index is 759. The van der Waals surface area contributed by atoms with Gasteiger partial charge in [-0.1, -0.05) is 12.1 Å². The van der Waals surface area contributed by atoms with Crippen molar-refractivity contribution in [2.24, 2.45) is 0 Å². The van der Waals surface area contributed by atoms with Crippen molar-refractivity contribution in [3.8, 4) is 0 Å². The summed E-state index contributed by atoms with van der Waals surface area (Å²) in [7, 11) is -3.60. The van der Waals surface area contributed by atoms with Crippen LogP contribution in [0.2, 0.25) is 0 Å². The highest BCUT2D eigenvalue weighted by molar-refractivity contribution is 7.89. The predicted molar refractivity (Wildman–Crippen MR) is 101 cm³/mol. The van der Waals surface area contributed by atoms with E-state index in [4.69, 9.17) is 0 Å². The lowest BCUT2D eigenvalue weighted by Crippen LogP contribution is -2.49. The highest BCUT2D eigenvalue weighted by atomic mass is 32.2. The number of carbonyl (C=O) groups excluding carboxylic acids is 1. The van der Waals surface area contributed by atoms with E-state index >= 15 is 0 Å². The van der Waals surface area contributed by atoms with Crippen molar-refractivity contribution in [1.29, 1.82) is 0 Å². The minimum atomic E-state index is -3.60. The number of amides is 1. The molecule has 1 unspecified atom stereocenters. The number of piperazine rings is 1.